The third-order valence-corrected chi connectivity index (χ3v) is 8.12. The Balaban J connectivity index is 1.20. The molecule has 4 bridgehead atoms. The molecule has 6 nitrogen and oxygen atoms in total. The number of nitrogens with one attached hydrogen (secondary N) is 1. The lowest BCUT2D eigenvalue weighted by molar-refractivity contribution is -0.140. The topological polar surface area (TPSA) is 75.2 Å². The number of fused-ring (bicyclic) bond motifs is 1. The number of hydrogen-bond acceptors (Lipinski definition) is 4. The van der Waals surface area contributed by atoms with Crippen molar-refractivity contribution in [3.63, 3.8) is 0 Å². The van der Waals surface area contributed by atoms with Gasteiger partial charge in [0.2, 0.25) is 5.91 Å². The second kappa shape index (κ2) is 7.36. The Morgan fingerprint density at radius 2 is 1.78 bits per heavy atom. The summed E-state index contributed by atoms with van der Waals surface area (Å²) in [7, 11) is 0. The molecule has 2 heterocycles. The molecule has 1 aliphatic heterocycles. The van der Waals surface area contributed by atoms with Gasteiger partial charge in [-0.15, -0.1) is 0 Å². The summed E-state index contributed by atoms with van der Waals surface area (Å²) in [6.45, 7) is 0.809. The van der Waals surface area contributed by atoms with Gasteiger partial charge in [0.25, 0.3) is 5.91 Å². The highest BCUT2D eigenvalue weighted by Crippen LogP contribution is 2.60. The van der Waals surface area contributed by atoms with Crippen LogP contribution in [0.3, 0.4) is 0 Å². The van der Waals surface area contributed by atoms with E-state index in [1.165, 1.54) is 37.7 Å². The minimum Gasteiger partial charge on any atom is -0.332 e. The zero-order chi connectivity index (χ0) is 21.9. The highest BCUT2D eigenvalue weighted by atomic mass is 19.1. The summed E-state index contributed by atoms with van der Waals surface area (Å²) in [5.74, 6) is 2.18. The van der Waals surface area contributed by atoms with Crippen LogP contribution in [0.1, 0.15) is 60.1 Å². The van der Waals surface area contributed by atoms with Crippen LogP contribution in [0.4, 0.5) is 10.2 Å². The summed E-state index contributed by atoms with van der Waals surface area (Å²) < 4.78 is 13.5. The van der Waals surface area contributed by atoms with Crippen molar-refractivity contribution in [3.8, 4) is 0 Å². The standard InChI is InChI=1S/C25H27FN4O2/c26-19-3-1-2-18(9-19)23(31)30-5-4-20-21(13-30)27-14-28-22(20)29-24(32)25-10-15-6-16(11-25)8-17(7-15)12-25/h1-3,9,14-17H,4-8,10-13H2,(H,27,28,29,32). The first-order valence-corrected chi connectivity index (χ1v) is 11.7. The molecule has 7 rings (SSSR count). The third kappa shape index (κ3) is 3.29. The highest BCUT2D eigenvalue weighted by molar-refractivity contribution is 5.96. The normalized spacial score (nSPS) is 30.2. The van der Waals surface area contributed by atoms with Crippen LogP contribution in [-0.4, -0.2) is 33.2 Å². The molecular formula is C25H27FN4O2. The third-order valence-electron chi connectivity index (χ3n) is 8.12. The molecule has 2 aromatic rings. The molecule has 0 saturated heterocycles. The van der Waals surface area contributed by atoms with Crippen molar-refractivity contribution >= 4 is 17.6 Å². The van der Waals surface area contributed by atoms with Crippen molar-refractivity contribution in [2.75, 3.05) is 11.9 Å². The highest BCUT2D eigenvalue weighted by Gasteiger charge is 2.54. The Morgan fingerprint density at radius 1 is 1.06 bits per heavy atom. The van der Waals surface area contributed by atoms with E-state index in [1.807, 2.05) is 0 Å². The number of rotatable bonds is 3. The number of carbonyl (C=O) groups excluding carboxylic acids is 2. The summed E-state index contributed by atoms with van der Waals surface area (Å²) >= 11 is 0. The Kier molecular flexibility index (Phi) is 4.56. The van der Waals surface area contributed by atoms with Gasteiger partial charge in [0.05, 0.1) is 17.7 Å². The van der Waals surface area contributed by atoms with Crippen molar-refractivity contribution in [3.05, 3.63) is 53.2 Å². The Labute approximate surface area is 186 Å². The predicted molar refractivity (Wildman–Crippen MR) is 116 cm³/mol. The molecule has 0 atom stereocenters. The number of aromatic nitrogens is 2. The molecule has 4 fully saturated rings. The van der Waals surface area contributed by atoms with Gasteiger partial charge in [0.15, 0.2) is 0 Å². The SMILES string of the molecule is O=C(c1cccc(F)c1)N1CCc2c(ncnc2NC(=O)C23CC4CC(CC(C4)C2)C3)C1. The molecule has 166 valence electrons. The van der Waals surface area contributed by atoms with E-state index in [4.69, 9.17) is 0 Å². The van der Waals surface area contributed by atoms with Gasteiger partial charge in [-0.2, -0.15) is 0 Å². The summed E-state index contributed by atoms with van der Waals surface area (Å²) in [6, 6.07) is 5.75. The molecule has 4 saturated carbocycles. The van der Waals surface area contributed by atoms with E-state index < -0.39 is 5.82 Å². The van der Waals surface area contributed by atoms with Crippen LogP contribution in [-0.2, 0) is 17.8 Å². The zero-order valence-electron chi connectivity index (χ0n) is 18.0. The lowest BCUT2D eigenvalue weighted by Crippen LogP contribution is -2.52. The van der Waals surface area contributed by atoms with E-state index in [-0.39, 0.29) is 17.2 Å². The summed E-state index contributed by atoms with van der Waals surface area (Å²) in [5.41, 5.74) is 1.75. The fraction of sp³-hybridized carbons (Fsp3) is 0.520. The first-order valence-electron chi connectivity index (χ1n) is 11.7. The molecule has 1 aromatic heterocycles. The van der Waals surface area contributed by atoms with Crippen LogP contribution in [0.5, 0.6) is 0 Å². The van der Waals surface area contributed by atoms with Crippen LogP contribution >= 0.6 is 0 Å². The van der Waals surface area contributed by atoms with Crippen LogP contribution in [0.2, 0.25) is 0 Å². The summed E-state index contributed by atoms with van der Waals surface area (Å²) in [6.07, 6.45) is 8.94. The van der Waals surface area contributed by atoms with Crippen LogP contribution in [0.25, 0.3) is 0 Å². The summed E-state index contributed by atoms with van der Waals surface area (Å²) in [4.78, 5) is 36.8. The Morgan fingerprint density at radius 3 is 2.47 bits per heavy atom. The van der Waals surface area contributed by atoms with E-state index >= 15 is 0 Å². The number of carbonyl (C=O) groups is 2. The Hall–Kier alpha value is -2.83. The van der Waals surface area contributed by atoms with Crippen molar-refractivity contribution in [2.24, 2.45) is 23.2 Å². The molecular weight excluding hydrogens is 407 g/mol. The number of amides is 2. The molecule has 0 radical (unpaired) electrons. The fourth-order valence-electron chi connectivity index (χ4n) is 7.07. The van der Waals surface area contributed by atoms with Gasteiger partial charge in [-0.3, -0.25) is 9.59 Å². The second-order valence-corrected chi connectivity index (χ2v) is 10.3. The number of benzene rings is 1. The van der Waals surface area contributed by atoms with Gasteiger partial charge >= 0.3 is 0 Å². The first-order chi connectivity index (χ1) is 15.5. The van der Waals surface area contributed by atoms with Gasteiger partial charge in [0, 0.05) is 17.7 Å². The van der Waals surface area contributed by atoms with Crippen molar-refractivity contribution < 1.29 is 14.0 Å². The van der Waals surface area contributed by atoms with E-state index in [0.29, 0.717) is 48.6 Å². The van der Waals surface area contributed by atoms with Crippen molar-refractivity contribution in [1.82, 2.24) is 14.9 Å². The maximum atomic E-state index is 13.5. The molecule has 32 heavy (non-hydrogen) atoms. The molecule has 7 heteroatoms. The van der Waals surface area contributed by atoms with Crippen molar-refractivity contribution in [2.45, 2.75) is 51.5 Å². The minimum absolute atomic E-state index is 0.121. The maximum Gasteiger partial charge on any atom is 0.254 e. The largest absolute Gasteiger partial charge is 0.332 e. The lowest BCUT2D eigenvalue weighted by atomic mass is 9.49. The van der Waals surface area contributed by atoms with E-state index in [9.17, 15) is 14.0 Å². The molecule has 0 unspecified atom stereocenters. The number of halogens is 1. The number of nitrogens with zero attached hydrogens (tertiary/aromatic N) is 3. The Bertz CT molecular complexity index is 1070. The van der Waals surface area contributed by atoms with E-state index in [0.717, 1.165) is 30.5 Å². The van der Waals surface area contributed by atoms with Crippen molar-refractivity contribution in [1.29, 1.82) is 0 Å². The van der Waals surface area contributed by atoms with Gasteiger partial charge in [0.1, 0.15) is 18.0 Å². The van der Waals surface area contributed by atoms with Crippen LogP contribution in [0, 0.1) is 29.0 Å². The van der Waals surface area contributed by atoms with Crippen LogP contribution < -0.4 is 5.32 Å². The van der Waals surface area contributed by atoms with E-state index in [1.54, 1.807) is 17.0 Å². The average molecular weight is 435 g/mol. The number of anilines is 1. The zero-order valence-corrected chi connectivity index (χ0v) is 18.0. The summed E-state index contributed by atoms with van der Waals surface area (Å²) in [5, 5.41) is 3.17. The first kappa shape index (κ1) is 19.8. The minimum atomic E-state index is -0.426. The molecule has 2 amide bonds. The molecule has 1 aromatic carbocycles. The fourth-order valence-corrected chi connectivity index (χ4v) is 7.07. The van der Waals surface area contributed by atoms with Crippen LogP contribution in [0.15, 0.2) is 30.6 Å². The van der Waals surface area contributed by atoms with Gasteiger partial charge in [-0.05, 0) is 80.9 Å². The smallest absolute Gasteiger partial charge is 0.254 e. The van der Waals surface area contributed by atoms with Gasteiger partial charge in [-0.1, -0.05) is 6.07 Å². The second-order valence-electron chi connectivity index (χ2n) is 10.3. The molecule has 0 spiro atoms. The predicted octanol–water partition coefficient (Wildman–Crippen LogP) is 3.97. The van der Waals surface area contributed by atoms with Gasteiger partial charge < -0.3 is 10.2 Å². The lowest BCUT2D eigenvalue weighted by Gasteiger charge is -2.55. The molecule has 1 N–H and O–H groups in total. The monoisotopic (exact) mass is 434 g/mol. The van der Waals surface area contributed by atoms with Gasteiger partial charge in [-0.25, -0.2) is 14.4 Å². The quantitative estimate of drug-likeness (QED) is 0.793. The average Bonchev–Trinajstić information content (AvgIpc) is 2.77. The molecule has 4 aliphatic carbocycles. The maximum absolute atomic E-state index is 13.5. The number of hydrogen-bond donors (Lipinski definition) is 1. The molecule has 5 aliphatic rings. The van der Waals surface area contributed by atoms with E-state index in [2.05, 4.69) is 15.3 Å².